The van der Waals surface area contributed by atoms with Gasteiger partial charge in [0.15, 0.2) is 0 Å². The summed E-state index contributed by atoms with van der Waals surface area (Å²) in [7, 11) is 0. The lowest BCUT2D eigenvalue weighted by atomic mass is 10.2. The highest BCUT2D eigenvalue weighted by Crippen LogP contribution is 2.06. The third-order valence-electron chi connectivity index (χ3n) is 3.01. The SMILES string of the molecule is CCCCCCN(C=C(C)C(=O)O)C(=O)OCC.CCOC(N)=O.CCOC(N)=O. The first-order valence-corrected chi connectivity index (χ1v) is 9.76. The van der Waals surface area contributed by atoms with Crippen LogP contribution < -0.4 is 11.5 Å². The van der Waals surface area contributed by atoms with E-state index in [2.05, 4.69) is 27.9 Å². The summed E-state index contributed by atoms with van der Waals surface area (Å²) in [6, 6.07) is 0. The van der Waals surface area contributed by atoms with E-state index in [9.17, 15) is 19.2 Å². The Bertz CT molecular complexity index is 508. The molecule has 0 aromatic heterocycles. The number of hydrogen-bond acceptors (Lipinski definition) is 7. The molecule has 0 aromatic rings. The van der Waals surface area contributed by atoms with Crippen molar-refractivity contribution in [1.29, 1.82) is 0 Å². The highest BCUT2D eigenvalue weighted by atomic mass is 16.6. The van der Waals surface area contributed by atoms with Crippen molar-refractivity contribution in [3.05, 3.63) is 11.8 Å². The van der Waals surface area contributed by atoms with E-state index in [0.717, 1.165) is 25.7 Å². The van der Waals surface area contributed by atoms with E-state index >= 15 is 0 Å². The minimum absolute atomic E-state index is 0.124. The van der Waals surface area contributed by atoms with E-state index in [-0.39, 0.29) is 12.2 Å². The number of carboxylic acids is 1. The minimum Gasteiger partial charge on any atom is -0.478 e. The molecule has 0 saturated heterocycles. The molecule has 0 spiro atoms. The molecule has 0 bridgehead atoms. The van der Waals surface area contributed by atoms with Crippen molar-refractivity contribution < 1.29 is 38.5 Å². The number of amides is 3. The number of primary amides is 2. The highest BCUT2D eigenvalue weighted by Gasteiger charge is 2.13. The highest BCUT2D eigenvalue weighted by molar-refractivity contribution is 5.86. The lowest BCUT2D eigenvalue weighted by molar-refractivity contribution is -0.132. The van der Waals surface area contributed by atoms with E-state index in [1.54, 1.807) is 20.8 Å². The van der Waals surface area contributed by atoms with Gasteiger partial charge in [0.05, 0.1) is 25.4 Å². The van der Waals surface area contributed by atoms with Gasteiger partial charge < -0.3 is 30.8 Å². The summed E-state index contributed by atoms with van der Waals surface area (Å²) in [5.41, 5.74) is 9.21. The van der Waals surface area contributed by atoms with Gasteiger partial charge in [-0.25, -0.2) is 19.2 Å². The quantitative estimate of drug-likeness (QED) is 0.266. The summed E-state index contributed by atoms with van der Waals surface area (Å²) in [6.07, 6.45) is 3.51. The Kier molecular flexibility index (Phi) is 23.6. The Labute approximate surface area is 178 Å². The Balaban J connectivity index is -0.000000495. The van der Waals surface area contributed by atoms with Gasteiger partial charge in [0.1, 0.15) is 0 Å². The molecule has 0 heterocycles. The predicted molar refractivity (Wildman–Crippen MR) is 112 cm³/mol. The van der Waals surface area contributed by atoms with Crippen molar-refractivity contribution in [2.24, 2.45) is 11.5 Å². The van der Waals surface area contributed by atoms with Gasteiger partial charge in [-0.1, -0.05) is 26.2 Å². The van der Waals surface area contributed by atoms with Crippen LogP contribution in [0.5, 0.6) is 0 Å². The fourth-order valence-corrected chi connectivity index (χ4v) is 1.70. The van der Waals surface area contributed by atoms with Crippen LogP contribution in [-0.4, -0.2) is 60.6 Å². The molecule has 11 heteroatoms. The van der Waals surface area contributed by atoms with E-state index < -0.39 is 24.2 Å². The molecule has 0 rings (SSSR count). The maximum atomic E-state index is 11.6. The van der Waals surface area contributed by atoms with Crippen LogP contribution in [0.4, 0.5) is 14.4 Å². The molecule has 0 fully saturated rings. The number of rotatable bonds is 10. The van der Waals surface area contributed by atoms with Crippen LogP contribution >= 0.6 is 0 Å². The summed E-state index contributed by atoms with van der Waals surface area (Å²) in [4.78, 5) is 42.9. The lowest BCUT2D eigenvalue weighted by Gasteiger charge is -2.18. The Morgan fingerprint density at radius 1 is 0.833 bits per heavy atom. The van der Waals surface area contributed by atoms with Gasteiger partial charge in [0.25, 0.3) is 0 Å². The smallest absolute Gasteiger partial charge is 0.413 e. The predicted octanol–water partition coefficient (Wildman–Crippen LogP) is 3.22. The first kappa shape index (κ1) is 31.7. The van der Waals surface area contributed by atoms with Crippen LogP contribution in [0.2, 0.25) is 0 Å². The van der Waals surface area contributed by atoms with Crippen molar-refractivity contribution in [2.45, 2.75) is 60.3 Å². The molecule has 176 valence electrons. The van der Waals surface area contributed by atoms with Gasteiger partial charge in [-0.15, -0.1) is 0 Å². The van der Waals surface area contributed by atoms with Crippen molar-refractivity contribution in [1.82, 2.24) is 4.90 Å². The molecule has 3 amide bonds. The molecule has 0 radical (unpaired) electrons. The number of carbonyl (C=O) groups is 4. The molecule has 5 N–H and O–H groups in total. The van der Waals surface area contributed by atoms with Crippen LogP contribution in [0.3, 0.4) is 0 Å². The van der Waals surface area contributed by atoms with Crippen molar-refractivity contribution in [2.75, 3.05) is 26.4 Å². The van der Waals surface area contributed by atoms with E-state index in [0.29, 0.717) is 19.8 Å². The van der Waals surface area contributed by atoms with Crippen LogP contribution in [0, 0.1) is 0 Å². The summed E-state index contributed by atoms with van der Waals surface area (Å²) in [5.74, 6) is -1.03. The largest absolute Gasteiger partial charge is 0.478 e. The van der Waals surface area contributed by atoms with Gasteiger partial charge in [-0.05, 0) is 34.1 Å². The van der Waals surface area contributed by atoms with Crippen LogP contribution in [0.15, 0.2) is 11.8 Å². The molecular weight excluding hydrogens is 398 g/mol. The minimum atomic E-state index is -1.03. The lowest BCUT2D eigenvalue weighted by Crippen LogP contribution is -2.28. The monoisotopic (exact) mass is 435 g/mol. The topological polar surface area (TPSA) is 171 Å². The van der Waals surface area contributed by atoms with Gasteiger partial charge in [-0.2, -0.15) is 0 Å². The molecular formula is C19H37N3O8. The number of nitrogens with zero attached hydrogens (tertiary/aromatic N) is 1. The first-order chi connectivity index (χ1) is 14.1. The molecule has 0 saturated carbocycles. The van der Waals surface area contributed by atoms with Gasteiger partial charge in [0.2, 0.25) is 0 Å². The maximum absolute atomic E-state index is 11.6. The number of unbranched alkanes of at least 4 members (excludes halogenated alkanes) is 3. The fraction of sp³-hybridized carbons (Fsp3) is 0.684. The van der Waals surface area contributed by atoms with Crippen molar-refractivity contribution >= 4 is 24.2 Å². The molecule has 0 unspecified atom stereocenters. The molecule has 11 nitrogen and oxygen atoms in total. The second-order valence-electron chi connectivity index (χ2n) is 5.57. The molecule has 0 atom stereocenters. The fourth-order valence-electron chi connectivity index (χ4n) is 1.70. The first-order valence-electron chi connectivity index (χ1n) is 9.76. The molecule has 0 aliphatic carbocycles. The Hall–Kier alpha value is -2.98. The van der Waals surface area contributed by atoms with Gasteiger partial charge >= 0.3 is 24.2 Å². The zero-order chi connectivity index (χ0) is 23.9. The summed E-state index contributed by atoms with van der Waals surface area (Å²) >= 11 is 0. The van der Waals surface area contributed by atoms with Gasteiger partial charge in [0, 0.05) is 12.7 Å². The summed E-state index contributed by atoms with van der Waals surface area (Å²) < 4.78 is 13.3. The average Bonchev–Trinajstić information content (AvgIpc) is 2.65. The van der Waals surface area contributed by atoms with Gasteiger partial charge in [-0.3, -0.25) is 4.90 Å². The molecule has 30 heavy (non-hydrogen) atoms. The third-order valence-corrected chi connectivity index (χ3v) is 3.01. The zero-order valence-electron chi connectivity index (χ0n) is 18.6. The third kappa shape index (κ3) is 25.0. The van der Waals surface area contributed by atoms with Crippen LogP contribution in [0.1, 0.15) is 60.3 Å². The number of hydrogen-bond donors (Lipinski definition) is 3. The number of nitrogens with two attached hydrogens (primary N) is 2. The Morgan fingerprint density at radius 2 is 1.30 bits per heavy atom. The second-order valence-corrected chi connectivity index (χ2v) is 5.57. The van der Waals surface area contributed by atoms with E-state index in [1.807, 2.05) is 0 Å². The zero-order valence-corrected chi connectivity index (χ0v) is 18.6. The average molecular weight is 436 g/mol. The van der Waals surface area contributed by atoms with Crippen molar-refractivity contribution in [3.63, 3.8) is 0 Å². The molecule has 0 aromatic carbocycles. The number of carbonyl (C=O) groups excluding carboxylic acids is 3. The number of carboxylic acid groups (broad SMARTS) is 1. The van der Waals surface area contributed by atoms with Crippen LogP contribution in [-0.2, 0) is 19.0 Å². The second kappa shape index (κ2) is 22.3. The number of aliphatic carboxylic acids is 1. The van der Waals surface area contributed by atoms with Crippen LogP contribution in [0.25, 0.3) is 0 Å². The summed E-state index contributed by atoms with van der Waals surface area (Å²) in [6.45, 7) is 10.2. The number of ether oxygens (including phenoxy) is 3. The molecule has 0 aliphatic rings. The molecule has 0 aliphatic heterocycles. The van der Waals surface area contributed by atoms with E-state index in [4.69, 9.17) is 9.84 Å². The standard InChI is InChI=1S/C13H23NO4.2C3H7NO2/c1-4-6-7-8-9-14(13(17)18-5-2)10-11(3)12(15)16;2*1-2-6-3(4)5/h10H,4-9H2,1-3H3,(H,15,16);2*2H2,1H3,(H2,4,5). The Morgan fingerprint density at radius 3 is 1.60 bits per heavy atom. The summed E-state index contributed by atoms with van der Waals surface area (Å²) in [5, 5.41) is 8.81. The normalized spacial score (nSPS) is 9.70. The maximum Gasteiger partial charge on any atom is 0.413 e. The van der Waals surface area contributed by atoms with Crippen molar-refractivity contribution in [3.8, 4) is 0 Å². The van der Waals surface area contributed by atoms with E-state index in [1.165, 1.54) is 18.0 Å².